The number of carbonyl (C=O) groups is 1. The van der Waals surface area contributed by atoms with Gasteiger partial charge >= 0.3 is 5.97 Å². The smallest absolute Gasteiger partial charge is 0.306 e. The minimum absolute atomic E-state index is 0.0857. The van der Waals surface area contributed by atoms with Crippen LogP contribution >= 0.6 is 0 Å². The van der Waals surface area contributed by atoms with Crippen molar-refractivity contribution in [2.45, 2.75) is 65.6 Å². The lowest BCUT2D eigenvalue weighted by atomic mass is 9.94. The third-order valence-electron chi connectivity index (χ3n) is 5.37. The van der Waals surface area contributed by atoms with Crippen LogP contribution in [0.3, 0.4) is 0 Å². The number of aliphatic carboxylic acids is 1. The molecule has 0 amide bonds. The molecular weight excluding hydrogens is 432 g/mol. The maximum Gasteiger partial charge on any atom is 0.306 e. The largest absolute Gasteiger partial charge is 0.497 e. The minimum atomic E-state index is -0.960. The first-order valence-electron chi connectivity index (χ1n) is 11.5. The maximum atomic E-state index is 11.3. The molecule has 1 rings (SSSR count). The lowest BCUT2D eigenvalue weighted by molar-refractivity contribution is -0.140. The summed E-state index contributed by atoms with van der Waals surface area (Å²) in [6.07, 6.45) is 4.78. The number of benzene rings is 1. The fourth-order valence-corrected chi connectivity index (χ4v) is 3.62. The standard InChI is InChI=1S/C28H40O6/c1-8-26(29)22(5)15-20(3)13-19(2)14-21(4)16-23(6)27(17-28(30)31)34-18-33-25-11-9-24(32-7)10-12-25/h9-12,14-15,19,26-27,29H,3,6,8,13,16-18H2,1-2,4-5,7H3,(H,30,31)/b21-14+,22-15+/t19-,26+,27?/m0/s1. The number of methoxy groups -OCH3 is 1. The Morgan fingerprint density at radius 2 is 1.74 bits per heavy atom. The second-order valence-corrected chi connectivity index (χ2v) is 8.69. The average molecular weight is 473 g/mol. The first-order chi connectivity index (χ1) is 16.0. The van der Waals surface area contributed by atoms with E-state index in [0.717, 1.165) is 28.9 Å². The highest BCUT2D eigenvalue weighted by atomic mass is 16.7. The van der Waals surface area contributed by atoms with Gasteiger partial charge in [0.15, 0.2) is 6.79 Å². The molecule has 6 nitrogen and oxygen atoms in total. The Bertz CT molecular complexity index is 865. The Morgan fingerprint density at radius 1 is 1.12 bits per heavy atom. The van der Waals surface area contributed by atoms with Gasteiger partial charge in [-0.15, -0.1) is 0 Å². The van der Waals surface area contributed by atoms with E-state index in [9.17, 15) is 15.0 Å². The summed E-state index contributed by atoms with van der Waals surface area (Å²) in [6.45, 7) is 16.1. The highest BCUT2D eigenvalue weighted by molar-refractivity contribution is 5.68. The zero-order valence-corrected chi connectivity index (χ0v) is 21.2. The molecule has 0 heterocycles. The fraction of sp³-hybridized carbons (Fsp3) is 0.464. The summed E-state index contributed by atoms with van der Waals surface area (Å²) in [5.41, 5.74) is 3.64. The highest BCUT2D eigenvalue weighted by Gasteiger charge is 2.18. The SMILES string of the molecule is C=C(/C=C(\C)[C@H](O)CC)C[C@H](C)/C=C(\C)CC(=C)C(CC(=O)O)OCOc1ccc(OC)cc1. The van der Waals surface area contributed by atoms with E-state index in [1.165, 1.54) is 0 Å². The van der Waals surface area contributed by atoms with Crippen molar-refractivity contribution < 1.29 is 29.2 Å². The van der Waals surface area contributed by atoms with Crippen molar-refractivity contribution in [1.82, 2.24) is 0 Å². The number of carboxylic acid groups (broad SMARTS) is 1. The molecular formula is C28H40O6. The summed E-state index contributed by atoms with van der Waals surface area (Å²) in [5, 5.41) is 19.2. The van der Waals surface area contributed by atoms with Gasteiger partial charge in [0.1, 0.15) is 11.5 Å². The molecule has 0 saturated heterocycles. The van der Waals surface area contributed by atoms with Gasteiger partial charge in [0.05, 0.1) is 25.7 Å². The normalized spacial score (nSPS) is 14.8. The van der Waals surface area contributed by atoms with Crippen molar-refractivity contribution in [3.8, 4) is 11.5 Å². The Balaban J connectivity index is 2.65. The average Bonchev–Trinajstić information content (AvgIpc) is 2.77. The van der Waals surface area contributed by atoms with Crippen molar-refractivity contribution in [3.63, 3.8) is 0 Å². The van der Waals surface area contributed by atoms with Crippen molar-refractivity contribution in [2.75, 3.05) is 13.9 Å². The highest BCUT2D eigenvalue weighted by Crippen LogP contribution is 2.23. The van der Waals surface area contributed by atoms with Gasteiger partial charge in [0.25, 0.3) is 0 Å². The van der Waals surface area contributed by atoms with Gasteiger partial charge < -0.3 is 24.4 Å². The van der Waals surface area contributed by atoms with Gasteiger partial charge in [0, 0.05) is 0 Å². The van der Waals surface area contributed by atoms with Crippen LogP contribution in [0.2, 0.25) is 0 Å². The minimum Gasteiger partial charge on any atom is -0.497 e. The second-order valence-electron chi connectivity index (χ2n) is 8.69. The molecule has 188 valence electrons. The molecule has 2 N–H and O–H groups in total. The first kappa shape index (κ1) is 29.2. The zero-order chi connectivity index (χ0) is 25.7. The summed E-state index contributed by atoms with van der Waals surface area (Å²) in [5.74, 6) is 0.593. The number of carboxylic acids is 1. The molecule has 0 spiro atoms. The summed E-state index contributed by atoms with van der Waals surface area (Å²) >= 11 is 0. The molecule has 0 radical (unpaired) electrons. The summed E-state index contributed by atoms with van der Waals surface area (Å²) in [6, 6.07) is 7.06. The van der Waals surface area contributed by atoms with E-state index in [-0.39, 0.29) is 19.1 Å². The van der Waals surface area contributed by atoms with E-state index >= 15 is 0 Å². The van der Waals surface area contributed by atoms with Gasteiger partial charge in [-0.05, 0) is 74.4 Å². The van der Waals surface area contributed by atoms with E-state index in [1.54, 1.807) is 31.4 Å². The summed E-state index contributed by atoms with van der Waals surface area (Å²) < 4.78 is 16.4. The van der Waals surface area contributed by atoms with Gasteiger partial charge in [-0.3, -0.25) is 4.79 Å². The summed E-state index contributed by atoms with van der Waals surface area (Å²) in [4.78, 5) is 11.3. The molecule has 34 heavy (non-hydrogen) atoms. The van der Waals surface area contributed by atoms with Crippen molar-refractivity contribution in [2.24, 2.45) is 5.92 Å². The fourth-order valence-electron chi connectivity index (χ4n) is 3.62. The van der Waals surface area contributed by atoms with Crippen LogP contribution < -0.4 is 9.47 Å². The Labute approximate surface area is 204 Å². The molecule has 0 aliphatic rings. The van der Waals surface area contributed by atoms with Crippen molar-refractivity contribution in [1.29, 1.82) is 0 Å². The van der Waals surface area contributed by atoms with E-state index in [1.807, 2.05) is 26.8 Å². The van der Waals surface area contributed by atoms with Crippen LogP contribution in [-0.2, 0) is 9.53 Å². The van der Waals surface area contributed by atoms with Crippen molar-refractivity contribution in [3.05, 3.63) is 71.9 Å². The predicted octanol–water partition coefficient (Wildman–Crippen LogP) is 6.08. The second kappa shape index (κ2) is 15.1. The van der Waals surface area contributed by atoms with E-state index < -0.39 is 18.2 Å². The first-order valence-corrected chi connectivity index (χ1v) is 11.5. The Morgan fingerprint density at radius 3 is 2.29 bits per heavy atom. The quantitative estimate of drug-likeness (QED) is 0.172. The Kier molecular flexibility index (Phi) is 13.0. The molecule has 0 fully saturated rings. The van der Waals surface area contributed by atoms with E-state index in [2.05, 4.69) is 26.2 Å². The lowest BCUT2D eigenvalue weighted by Crippen LogP contribution is -2.22. The van der Waals surface area contributed by atoms with Crippen LogP contribution in [0, 0.1) is 5.92 Å². The number of aliphatic hydroxyl groups excluding tert-OH is 1. The van der Waals surface area contributed by atoms with Crippen molar-refractivity contribution >= 4 is 5.97 Å². The van der Waals surface area contributed by atoms with Crippen LogP contribution in [-0.4, -0.2) is 42.3 Å². The number of rotatable bonds is 16. The lowest BCUT2D eigenvalue weighted by Gasteiger charge is -2.20. The van der Waals surface area contributed by atoms with Gasteiger partial charge in [-0.25, -0.2) is 0 Å². The molecule has 1 unspecified atom stereocenters. The van der Waals surface area contributed by atoms with Gasteiger partial charge in [0.2, 0.25) is 0 Å². The third-order valence-corrected chi connectivity index (χ3v) is 5.37. The topological polar surface area (TPSA) is 85.2 Å². The predicted molar refractivity (Wildman–Crippen MR) is 136 cm³/mol. The molecule has 0 aliphatic heterocycles. The molecule has 0 bridgehead atoms. The maximum absolute atomic E-state index is 11.3. The van der Waals surface area contributed by atoms with Crippen LogP contribution in [0.4, 0.5) is 0 Å². The van der Waals surface area contributed by atoms with E-state index in [4.69, 9.17) is 14.2 Å². The number of allylic oxidation sites excluding steroid dienone is 4. The molecule has 0 aromatic heterocycles. The van der Waals surface area contributed by atoms with E-state index in [0.29, 0.717) is 24.2 Å². The number of ether oxygens (including phenoxy) is 3. The monoisotopic (exact) mass is 472 g/mol. The van der Waals surface area contributed by atoms with Crippen LogP contribution in [0.1, 0.15) is 53.4 Å². The number of hydrogen-bond acceptors (Lipinski definition) is 5. The molecule has 1 aromatic carbocycles. The van der Waals surface area contributed by atoms with Crippen LogP contribution in [0.25, 0.3) is 0 Å². The Hall–Kier alpha value is -2.83. The molecule has 3 atom stereocenters. The van der Waals surface area contributed by atoms with Crippen LogP contribution in [0.5, 0.6) is 11.5 Å². The zero-order valence-electron chi connectivity index (χ0n) is 21.2. The molecule has 0 aliphatic carbocycles. The third kappa shape index (κ3) is 11.3. The van der Waals surface area contributed by atoms with Gasteiger partial charge in [-0.1, -0.05) is 50.3 Å². The summed E-state index contributed by atoms with van der Waals surface area (Å²) in [7, 11) is 1.59. The van der Waals surface area contributed by atoms with Crippen LogP contribution in [0.15, 0.2) is 71.9 Å². The molecule has 6 heteroatoms. The number of hydrogen-bond donors (Lipinski definition) is 2. The molecule has 0 saturated carbocycles. The number of aliphatic hydroxyl groups is 1. The van der Waals surface area contributed by atoms with Gasteiger partial charge in [-0.2, -0.15) is 0 Å². The molecule has 1 aromatic rings.